The first-order chi connectivity index (χ1) is 9.07. The van der Waals surface area contributed by atoms with Crippen LogP contribution in [0.1, 0.15) is 44.9 Å². The molecule has 0 bridgehead atoms. The summed E-state index contributed by atoms with van der Waals surface area (Å²) in [5.41, 5.74) is 0. The van der Waals surface area contributed by atoms with Gasteiger partial charge in [0, 0.05) is 32.6 Å². The minimum absolute atomic E-state index is 0.192. The fourth-order valence-corrected chi connectivity index (χ4v) is 5.03. The van der Waals surface area contributed by atoms with Crippen molar-refractivity contribution in [3.8, 4) is 6.07 Å². The van der Waals surface area contributed by atoms with E-state index in [1.54, 1.807) is 11.4 Å². The number of rotatable bonds is 5. The molecule has 0 N–H and O–H groups in total. The Labute approximate surface area is 116 Å². The second-order valence-electron chi connectivity index (χ2n) is 5.60. The van der Waals surface area contributed by atoms with E-state index in [1.165, 1.54) is 30.0 Å². The molecule has 1 aliphatic heterocycles. The van der Waals surface area contributed by atoms with Gasteiger partial charge in [0.25, 0.3) is 10.2 Å². The summed E-state index contributed by atoms with van der Waals surface area (Å²) in [5, 5.41) is 8.59. The predicted molar refractivity (Wildman–Crippen MR) is 73.5 cm³/mol. The maximum Gasteiger partial charge on any atom is 0.282 e. The monoisotopic (exact) mass is 285 g/mol. The van der Waals surface area contributed by atoms with Gasteiger partial charge >= 0.3 is 0 Å². The molecule has 1 aliphatic carbocycles. The minimum atomic E-state index is -3.38. The van der Waals surface area contributed by atoms with Crippen molar-refractivity contribution < 1.29 is 8.42 Å². The SMILES string of the molecule is CN(CCC#N)S(=O)(=O)N1CCC[C@H]1C1CCCC1. The van der Waals surface area contributed by atoms with Crippen molar-refractivity contribution in [1.82, 2.24) is 8.61 Å². The molecule has 2 fully saturated rings. The van der Waals surface area contributed by atoms with Crippen LogP contribution in [0.25, 0.3) is 0 Å². The van der Waals surface area contributed by atoms with E-state index in [9.17, 15) is 8.42 Å². The molecule has 108 valence electrons. The Morgan fingerprint density at radius 2 is 1.95 bits per heavy atom. The van der Waals surface area contributed by atoms with E-state index < -0.39 is 10.2 Å². The van der Waals surface area contributed by atoms with Crippen LogP contribution in [-0.4, -0.2) is 43.2 Å². The van der Waals surface area contributed by atoms with Crippen LogP contribution in [0, 0.1) is 17.2 Å². The first-order valence-electron chi connectivity index (χ1n) is 7.17. The van der Waals surface area contributed by atoms with Crippen molar-refractivity contribution in [2.45, 2.75) is 51.0 Å². The van der Waals surface area contributed by atoms with Crippen molar-refractivity contribution in [3.63, 3.8) is 0 Å². The van der Waals surface area contributed by atoms with Gasteiger partial charge in [-0.25, -0.2) is 0 Å². The molecular formula is C13H23N3O2S. The van der Waals surface area contributed by atoms with E-state index in [4.69, 9.17) is 5.26 Å². The molecule has 0 spiro atoms. The quantitative estimate of drug-likeness (QED) is 0.772. The summed E-state index contributed by atoms with van der Waals surface area (Å²) in [7, 11) is -1.80. The Morgan fingerprint density at radius 3 is 2.58 bits per heavy atom. The fourth-order valence-electron chi connectivity index (χ4n) is 3.37. The summed E-state index contributed by atoms with van der Waals surface area (Å²) in [6, 6.07) is 2.19. The highest BCUT2D eigenvalue weighted by atomic mass is 32.2. The Hall–Kier alpha value is -0.640. The lowest BCUT2D eigenvalue weighted by Gasteiger charge is -2.31. The van der Waals surface area contributed by atoms with Crippen molar-refractivity contribution >= 4 is 10.2 Å². The molecule has 1 saturated carbocycles. The lowest BCUT2D eigenvalue weighted by Crippen LogP contribution is -2.46. The number of hydrogen-bond acceptors (Lipinski definition) is 3. The van der Waals surface area contributed by atoms with Gasteiger partial charge in [-0.15, -0.1) is 0 Å². The lowest BCUT2D eigenvalue weighted by molar-refractivity contribution is 0.271. The zero-order chi connectivity index (χ0) is 13.9. The molecule has 0 unspecified atom stereocenters. The minimum Gasteiger partial charge on any atom is -0.198 e. The molecular weight excluding hydrogens is 262 g/mol. The summed E-state index contributed by atoms with van der Waals surface area (Å²) < 4.78 is 28.1. The van der Waals surface area contributed by atoms with E-state index in [0.717, 1.165) is 12.8 Å². The average molecular weight is 285 g/mol. The highest BCUT2D eigenvalue weighted by Gasteiger charge is 2.41. The molecule has 2 aliphatic rings. The zero-order valence-corrected chi connectivity index (χ0v) is 12.4. The molecule has 2 rings (SSSR count). The molecule has 0 amide bonds. The molecule has 1 saturated heterocycles. The van der Waals surface area contributed by atoms with Gasteiger partial charge in [-0.2, -0.15) is 22.3 Å². The highest BCUT2D eigenvalue weighted by molar-refractivity contribution is 7.86. The third-order valence-electron chi connectivity index (χ3n) is 4.42. The standard InChI is InChI=1S/C13H23N3O2S/c1-15(10-5-9-14)19(17,18)16-11-4-8-13(16)12-6-2-3-7-12/h12-13H,2-8,10-11H2,1H3/t13-/m0/s1. The Bertz CT molecular complexity index is 437. The fraction of sp³-hybridized carbons (Fsp3) is 0.923. The van der Waals surface area contributed by atoms with Gasteiger partial charge in [0.15, 0.2) is 0 Å². The number of nitrogens with zero attached hydrogens (tertiary/aromatic N) is 3. The first kappa shape index (κ1) is 14.8. The largest absolute Gasteiger partial charge is 0.282 e. The molecule has 5 nitrogen and oxygen atoms in total. The van der Waals surface area contributed by atoms with Gasteiger partial charge in [-0.1, -0.05) is 12.8 Å². The Morgan fingerprint density at radius 1 is 1.26 bits per heavy atom. The highest BCUT2D eigenvalue weighted by Crippen LogP contribution is 2.37. The number of hydrogen-bond donors (Lipinski definition) is 0. The van der Waals surface area contributed by atoms with Crippen molar-refractivity contribution in [2.24, 2.45) is 5.92 Å². The van der Waals surface area contributed by atoms with E-state index >= 15 is 0 Å². The maximum atomic E-state index is 12.5. The van der Waals surface area contributed by atoms with E-state index in [1.807, 2.05) is 6.07 Å². The molecule has 0 aromatic heterocycles. The molecule has 6 heteroatoms. The summed E-state index contributed by atoms with van der Waals surface area (Å²) in [4.78, 5) is 0. The number of nitriles is 1. The summed E-state index contributed by atoms with van der Waals surface area (Å²) in [6.07, 6.45) is 7.01. The Balaban J connectivity index is 2.07. The molecule has 0 radical (unpaired) electrons. The third-order valence-corrected chi connectivity index (χ3v) is 6.44. The van der Waals surface area contributed by atoms with Crippen molar-refractivity contribution in [2.75, 3.05) is 20.1 Å². The van der Waals surface area contributed by atoms with Crippen LogP contribution in [-0.2, 0) is 10.2 Å². The van der Waals surface area contributed by atoms with Gasteiger partial charge in [0.05, 0.1) is 6.07 Å². The predicted octanol–water partition coefficient (Wildman–Crippen LogP) is 1.73. The van der Waals surface area contributed by atoms with Crippen LogP contribution in [0.5, 0.6) is 0 Å². The van der Waals surface area contributed by atoms with E-state index in [2.05, 4.69) is 0 Å². The summed E-state index contributed by atoms with van der Waals surface area (Å²) in [6.45, 7) is 0.924. The molecule has 1 atom stereocenters. The van der Waals surface area contributed by atoms with Gasteiger partial charge in [-0.05, 0) is 31.6 Å². The van der Waals surface area contributed by atoms with E-state index in [0.29, 0.717) is 12.5 Å². The van der Waals surface area contributed by atoms with Gasteiger partial charge < -0.3 is 0 Å². The van der Waals surface area contributed by atoms with Crippen LogP contribution in [0.2, 0.25) is 0 Å². The topological polar surface area (TPSA) is 64.4 Å². The van der Waals surface area contributed by atoms with Crippen molar-refractivity contribution in [3.05, 3.63) is 0 Å². The zero-order valence-electron chi connectivity index (χ0n) is 11.6. The van der Waals surface area contributed by atoms with Crippen LogP contribution >= 0.6 is 0 Å². The van der Waals surface area contributed by atoms with Crippen LogP contribution in [0.3, 0.4) is 0 Å². The molecule has 0 aromatic rings. The molecule has 1 heterocycles. The van der Waals surface area contributed by atoms with Crippen LogP contribution < -0.4 is 0 Å². The van der Waals surface area contributed by atoms with Gasteiger partial charge in [-0.3, -0.25) is 0 Å². The lowest BCUT2D eigenvalue weighted by atomic mass is 9.97. The average Bonchev–Trinajstić information content (AvgIpc) is 3.04. The first-order valence-corrected chi connectivity index (χ1v) is 8.57. The second-order valence-corrected chi connectivity index (χ2v) is 7.59. The summed E-state index contributed by atoms with van der Waals surface area (Å²) >= 11 is 0. The smallest absolute Gasteiger partial charge is 0.198 e. The van der Waals surface area contributed by atoms with Crippen LogP contribution in [0.4, 0.5) is 0 Å². The molecule has 19 heavy (non-hydrogen) atoms. The summed E-state index contributed by atoms with van der Waals surface area (Å²) in [5.74, 6) is 0.543. The normalized spacial score (nSPS) is 26.1. The Kier molecular flexibility index (Phi) is 4.82. The third kappa shape index (κ3) is 3.10. The van der Waals surface area contributed by atoms with Gasteiger partial charge in [0.2, 0.25) is 0 Å². The van der Waals surface area contributed by atoms with Crippen LogP contribution in [0.15, 0.2) is 0 Å². The van der Waals surface area contributed by atoms with E-state index in [-0.39, 0.29) is 19.0 Å². The second kappa shape index (κ2) is 6.21. The van der Waals surface area contributed by atoms with Crippen molar-refractivity contribution in [1.29, 1.82) is 5.26 Å². The molecule has 0 aromatic carbocycles. The van der Waals surface area contributed by atoms with Gasteiger partial charge in [0.1, 0.15) is 0 Å². The maximum absolute atomic E-state index is 12.5.